The summed E-state index contributed by atoms with van der Waals surface area (Å²) >= 11 is 0. The first-order valence-corrected chi connectivity index (χ1v) is 6.95. The molecule has 0 spiro atoms. The van der Waals surface area contributed by atoms with E-state index in [1.807, 2.05) is 18.9 Å². The number of hydrogen-bond donors (Lipinski definition) is 1. The molecule has 0 saturated heterocycles. The Kier molecular flexibility index (Phi) is 6.20. The lowest BCUT2D eigenvalue weighted by molar-refractivity contribution is -0.120. The third-order valence-corrected chi connectivity index (χ3v) is 3.36. The summed E-state index contributed by atoms with van der Waals surface area (Å²) in [5, 5.41) is 11.7. The van der Waals surface area contributed by atoms with Crippen molar-refractivity contribution in [1.82, 2.24) is 4.90 Å². The molecule has 1 amide bonds. The zero-order valence-corrected chi connectivity index (χ0v) is 12.7. The third-order valence-electron chi connectivity index (χ3n) is 3.36. The van der Waals surface area contributed by atoms with Crippen molar-refractivity contribution in [3.05, 3.63) is 29.8 Å². The molecule has 1 N–H and O–H groups in total. The van der Waals surface area contributed by atoms with E-state index in [2.05, 4.69) is 25.2 Å². The quantitative estimate of drug-likeness (QED) is 0.867. The molecule has 0 saturated carbocycles. The maximum atomic E-state index is 12.2. The molecule has 0 aromatic heterocycles. The fraction of sp³-hybridized carbons (Fsp3) is 0.500. The number of nitrogens with one attached hydrogen (secondary N) is 1. The van der Waals surface area contributed by atoms with Crippen LogP contribution in [-0.4, -0.2) is 30.4 Å². The molecule has 0 fully saturated rings. The number of carbonyl (C=O) groups excluding carboxylic acids is 1. The first-order chi connectivity index (χ1) is 9.43. The Morgan fingerprint density at radius 1 is 1.40 bits per heavy atom. The maximum absolute atomic E-state index is 12.2. The molecule has 4 heteroatoms. The van der Waals surface area contributed by atoms with Crippen LogP contribution in [0.5, 0.6) is 0 Å². The van der Waals surface area contributed by atoms with Gasteiger partial charge in [0.15, 0.2) is 0 Å². The minimum Gasteiger partial charge on any atom is -0.325 e. The van der Waals surface area contributed by atoms with Crippen LogP contribution in [0.25, 0.3) is 0 Å². The molecule has 0 heterocycles. The van der Waals surface area contributed by atoms with Gasteiger partial charge in [0.1, 0.15) is 0 Å². The second kappa shape index (κ2) is 7.66. The van der Waals surface area contributed by atoms with Crippen molar-refractivity contribution in [3.8, 4) is 6.07 Å². The average molecular weight is 273 g/mol. The molecule has 1 aromatic rings. The highest BCUT2D eigenvalue weighted by atomic mass is 16.2. The molecule has 1 rings (SSSR count). The standard InChI is InChI=1S/C16H23N3O/c1-12(2)8-9-19(4)13(3)16(20)18-15-7-5-6-14(10-15)11-17/h5-7,10,12-13H,8-9H2,1-4H3,(H,18,20). The predicted octanol–water partition coefficient (Wildman–Crippen LogP) is 2.86. The number of anilines is 1. The van der Waals surface area contributed by atoms with Gasteiger partial charge in [-0.2, -0.15) is 5.26 Å². The third kappa shape index (κ3) is 5.02. The summed E-state index contributed by atoms with van der Waals surface area (Å²) in [6.45, 7) is 7.13. The van der Waals surface area contributed by atoms with Gasteiger partial charge >= 0.3 is 0 Å². The van der Waals surface area contributed by atoms with Crippen molar-refractivity contribution < 1.29 is 4.79 Å². The molecule has 0 aliphatic carbocycles. The Morgan fingerprint density at radius 3 is 2.70 bits per heavy atom. The van der Waals surface area contributed by atoms with E-state index in [0.29, 0.717) is 17.2 Å². The van der Waals surface area contributed by atoms with Crippen molar-refractivity contribution >= 4 is 11.6 Å². The lowest BCUT2D eigenvalue weighted by atomic mass is 10.1. The lowest BCUT2D eigenvalue weighted by Crippen LogP contribution is -2.40. The monoisotopic (exact) mass is 273 g/mol. The van der Waals surface area contributed by atoms with Crippen LogP contribution in [-0.2, 0) is 4.79 Å². The number of likely N-dealkylation sites (N-methyl/N-ethyl adjacent to an activating group) is 1. The number of benzene rings is 1. The summed E-state index contributed by atoms with van der Waals surface area (Å²) in [5.74, 6) is 0.575. The summed E-state index contributed by atoms with van der Waals surface area (Å²) in [6, 6.07) is 8.82. The van der Waals surface area contributed by atoms with Crippen LogP contribution in [0.3, 0.4) is 0 Å². The van der Waals surface area contributed by atoms with Crippen molar-refractivity contribution in [3.63, 3.8) is 0 Å². The second-order valence-electron chi connectivity index (χ2n) is 5.52. The van der Waals surface area contributed by atoms with Crippen LogP contribution in [0.2, 0.25) is 0 Å². The van der Waals surface area contributed by atoms with Crippen molar-refractivity contribution in [2.75, 3.05) is 18.9 Å². The minimum absolute atomic E-state index is 0.0497. The van der Waals surface area contributed by atoms with Gasteiger partial charge in [0, 0.05) is 5.69 Å². The summed E-state index contributed by atoms with van der Waals surface area (Å²) in [5.41, 5.74) is 1.21. The van der Waals surface area contributed by atoms with Gasteiger partial charge in [0.25, 0.3) is 0 Å². The molecule has 4 nitrogen and oxygen atoms in total. The van der Waals surface area contributed by atoms with Crippen molar-refractivity contribution in [1.29, 1.82) is 5.26 Å². The number of amides is 1. The van der Waals surface area contributed by atoms with E-state index in [9.17, 15) is 4.79 Å². The molecule has 0 bridgehead atoms. The highest BCUT2D eigenvalue weighted by molar-refractivity contribution is 5.94. The Labute approximate surface area is 121 Å². The first kappa shape index (κ1) is 16.2. The van der Waals surface area contributed by atoms with Gasteiger partial charge in [-0.15, -0.1) is 0 Å². The van der Waals surface area contributed by atoms with Crippen LogP contribution < -0.4 is 5.32 Å². The van der Waals surface area contributed by atoms with E-state index in [1.165, 1.54) is 0 Å². The molecule has 108 valence electrons. The van der Waals surface area contributed by atoms with Gasteiger partial charge in [0.2, 0.25) is 5.91 Å². The Bertz CT molecular complexity index is 491. The number of carbonyl (C=O) groups is 1. The van der Waals surface area contributed by atoms with Crippen LogP contribution in [0.4, 0.5) is 5.69 Å². The zero-order chi connectivity index (χ0) is 15.1. The van der Waals surface area contributed by atoms with E-state index >= 15 is 0 Å². The molecular formula is C16H23N3O. The molecule has 0 radical (unpaired) electrons. The topological polar surface area (TPSA) is 56.1 Å². The largest absolute Gasteiger partial charge is 0.325 e. The molecule has 1 aromatic carbocycles. The number of hydrogen-bond acceptors (Lipinski definition) is 3. The van der Waals surface area contributed by atoms with Crippen LogP contribution >= 0.6 is 0 Å². The number of nitriles is 1. The number of rotatable bonds is 6. The summed E-state index contributed by atoms with van der Waals surface area (Å²) in [7, 11) is 1.96. The van der Waals surface area contributed by atoms with Gasteiger partial charge in [-0.3, -0.25) is 9.69 Å². The zero-order valence-electron chi connectivity index (χ0n) is 12.7. The van der Waals surface area contributed by atoms with Gasteiger partial charge in [-0.05, 0) is 51.1 Å². The Hall–Kier alpha value is -1.86. The van der Waals surface area contributed by atoms with Gasteiger partial charge in [0.05, 0.1) is 17.7 Å². The average Bonchev–Trinajstić information content (AvgIpc) is 2.43. The fourth-order valence-corrected chi connectivity index (χ4v) is 1.77. The van der Waals surface area contributed by atoms with E-state index in [1.54, 1.807) is 24.3 Å². The van der Waals surface area contributed by atoms with Crippen LogP contribution in [0.15, 0.2) is 24.3 Å². The smallest absolute Gasteiger partial charge is 0.241 e. The Balaban J connectivity index is 2.59. The second-order valence-corrected chi connectivity index (χ2v) is 5.52. The maximum Gasteiger partial charge on any atom is 0.241 e. The molecule has 0 aliphatic rings. The molecule has 1 unspecified atom stereocenters. The SMILES string of the molecule is CC(C)CCN(C)C(C)C(=O)Nc1cccc(C#N)c1. The minimum atomic E-state index is -0.195. The van der Waals surface area contributed by atoms with Crippen molar-refractivity contribution in [2.24, 2.45) is 5.92 Å². The highest BCUT2D eigenvalue weighted by Crippen LogP contribution is 2.11. The summed E-state index contributed by atoms with van der Waals surface area (Å²) < 4.78 is 0. The summed E-state index contributed by atoms with van der Waals surface area (Å²) in [4.78, 5) is 14.2. The van der Waals surface area contributed by atoms with E-state index in [-0.39, 0.29) is 11.9 Å². The van der Waals surface area contributed by atoms with Crippen molar-refractivity contribution in [2.45, 2.75) is 33.2 Å². The van der Waals surface area contributed by atoms with Crippen LogP contribution in [0, 0.1) is 17.2 Å². The van der Waals surface area contributed by atoms with E-state index in [4.69, 9.17) is 5.26 Å². The van der Waals surface area contributed by atoms with Gasteiger partial charge < -0.3 is 5.32 Å². The van der Waals surface area contributed by atoms with Crippen LogP contribution in [0.1, 0.15) is 32.8 Å². The van der Waals surface area contributed by atoms with E-state index < -0.39 is 0 Å². The molecule has 20 heavy (non-hydrogen) atoms. The fourth-order valence-electron chi connectivity index (χ4n) is 1.77. The molecule has 1 atom stereocenters. The number of nitrogens with zero attached hydrogens (tertiary/aromatic N) is 2. The Morgan fingerprint density at radius 2 is 2.10 bits per heavy atom. The van der Waals surface area contributed by atoms with E-state index in [0.717, 1.165) is 13.0 Å². The predicted molar refractivity (Wildman–Crippen MR) is 81.3 cm³/mol. The lowest BCUT2D eigenvalue weighted by Gasteiger charge is -2.24. The molecule has 0 aliphatic heterocycles. The normalized spacial score (nSPS) is 12.2. The first-order valence-electron chi connectivity index (χ1n) is 6.95. The summed E-state index contributed by atoms with van der Waals surface area (Å²) in [6.07, 6.45) is 1.07. The van der Waals surface area contributed by atoms with Gasteiger partial charge in [-0.1, -0.05) is 19.9 Å². The molecular weight excluding hydrogens is 250 g/mol. The highest BCUT2D eigenvalue weighted by Gasteiger charge is 2.18. The van der Waals surface area contributed by atoms with Gasteiger partial charge in [-0.25, -0.2) is 0 Å².